The fraction of sp³-hybridized carbons (Fsp3) is 0.296. The van der Waals surface area contributed by atoms with E-state index in [1.807, 2.05) is 30.3 Å². The van der Waals surface area contributed by atoms with E-state index in [0.717, 1.165) is 20.5 Å². The van der Waals surface area contributed by atoms with E-state index in [1.165, 1.54) is 6.07 Å². The van der Waals surface area contributed by atoms with Crippen LogP contribution in [0.5, 0.6) is 5.75 Å². The Morgan fingerprint density at radius 3 is 2.50 bits per heavy atom. The van der Waals surface area contributed by atoms with Gasteiger partial charge in [-0.15, -0.1) is 11.3 Å². The number of primary amides is 1. The van der Waals surface area contributed by atoms with Gasteiger partial charge in [0, 0.05) is 28.3 Å². The Labute approximate surface area is 210 Å². The van der Waals surface area contributed by atoms with E-state index in [9.17, 15) is 34.8 Å². The first-order chi connectivity index (χ1) is 17.1. The van der Waals surface area contributed by atoms with Crippen molar-refractivity contribution >= 4 is 38.9 Å². The minimum Gasteiger partial charge on any atom is -0.508 e. The van der Waals surface area contributed by atoms with Crippen LogP contribution in [0.3, 0.4) is 0 Å². The summed E-state index contributed by atoms with van der Waals surface area (Å²) in [5.74, 6) is -4.42. The van der Waals surface area contributed by atoms with Crippen LogP contribution in [-0.4, -0.2) is 50.1 Å². The van der Waals surface area contributed by atoms with Crippen LogP contribution in [0.25, 0.3) is 20.5 Å². The van der Waals surface area contributed by atoms with E-state index in [2.05, 4.69) is 0 Å². The Morgan fingerprint density at radius 1 is 1.06 bits per heavy atom. The Morgan fingerprint density at radius 2 is 1.81 bits per heavy atom. The molecular weight excluding hydrogens is 482 g/mol. The standard InChI is InChI=1S/C27H25NO7S/c28-26(34)24-20(32)11-15(27(35,12-29)25(24)33)7-13-8-17-16(5-6-18(30)23(17)19(31)9-13)22-10-14-3-1-2-4-21(14)36-22/h1-6,10,13,15,29-30,33,35H,7-9,11-12H2,(H2,28,34)/t13-,15+,27-/m1/s1. The number of hydrogen-bond donors (Lipinski definition) is 5. The van der Waals surface area contributed by atoms with Gasteiger partial charge >= 0.3 is 0 Å². The molecule has 0 saturated carbocycles. The fourth-order valence-electron chi connectivity index (χ4n) is 5.57. The molecule has 1 aromatic heterocycles. The summed E-state index contributed by atoms with van der Waals surface area (Å²) in [7, 11) is 0. The summed E-state index contributed by atoms with van der Waals surface area (Å²) >= 11 is 1.58. The molecule has 0 saturated heterocycles. The van der Waals surface area contributed by atoms with Gasteiger partial charge in [0.15, 0.2) is 11.6 Å². The molecule has 5 rings (SSSR count). The number of carbonyl (C=O) groups is 3. The van der Waals surface area contributed by atoms with Gasteiger partial charge < -0.3 is 26.2 Å². The molecule has 2 aromatic carbocycles. The summed E-state index contributed by atoms with van der Waals surface area (Å²) in [4.78, 5) is 38.3. The van der Waals surface area contributed by atoms with Gasteiger partial charge in [0.05, 0.1) is 12.2 Å². The van der Waals surface area contributed by atoms with Gasteiger partial charge in [0.1, 0.15) is 22.7 Å². The lowest BCUT2D eigenvalue weighted by Crippen LogP contribution is -2.51. The highest BCUT2D eigenvalue weighted by molar-refractivity contribution is 7.22. The molecule has 0 unspecified atom stereocenters. The number of benzene rings is 2. The molecule has 1 amide bonds. The van der Waals surface area contributed by atoms with Crippen LogP contribution in [0.1, 0.15) is 35.2 Å². The van der Waals surface area contributed by atoms with E-state index in [0.29, 0.717) is 12.0 Å². The third kappa shape index (κ3) is 3.80. The SMILES string of the molecule is NC(=O)C1=C(O)[C@@](O)(CO)[C@@H](C[C@H]2CC(=O)c3c(O)ccc(-c4cc5ccccc5s4)c3C2)CC1=O. The Balaban J connectivity index is 1.51. The molecule has 2 aliphatic rings. The zero-order valence-electron chi connectivity index (χ0n) is 19.2. The van der Waals surface area contributed by atoms with Crippen molar-refractivity contribution in [3.8, 4) is 16.2 Å². The van der Waals surface area contributed by atoms with Crippen molar-refractivity contribution in [2.75, 3.05) is 6.61 Å². The number of phenols is 1. The molecule has 0 bridgehead atoms. The number of thiophene rings is 1. The maximum atomic E-state index is 13.2. The first-order valence-corrected chi connectivity index (χ1v) is 12.4. The molecule has 9 heteroatoms. The highest BCUT2D eigenvalue weighted by atomic mass is 32.1. The molecule has 0 aliphatic heterocycles. The molecular formula is C27H25NO7S. The molecule has 36 heavy (non-hydrogen) atoms. The van der Waals surface area contributed by atoms with Gasteiger partial charge in [-0.2, -0.15) is 0 Å². The van der Waals surface area contributed by atoms with E-state index < -0.39 is 41.1 Å². The second kappa shape index (κ2) is 8.85. The number of nitrogens with two attached hydrogens (primary N) is 1. The van der Waals surface area contributed by atoms with E-state index >= 15 is 0 Å². The average molecular weight is 508 g/mol. The predicted octanol–water partition coefficient (Wildman–Crippen LogP) is 3.02. The van der Waals surface area contributed by atoms with E-state index in [-0.39, 0.29) is 42.3 Å². The molecule has 3 aromatic rings. The molecule has 0 fully saturated rings. The monoisotopic (exact) mass is 507 g/mol. The third-order valence-electron chi connectivity index (χ3n) is 7.37. The summed E-state index contributed by atoms with van der Waals surface area (Å²) in [5.41, 5.74) is 4.07. The van der Waals surface area contributed by atoms with Gasteiger partial charge in [0.25, 0.3) is 5.91 Å². The first-order valence-electron chi connectivity index (χ1n) is 11.6. The second-order valence-electron chi connectivity index (χ2n) is 9.56. The second-order valence-corrected chi connectivity index (χ2v) is 10.6. The van der Waals surface area contributed by atoms with Crippen molar-refractivity contribution in [1.82, 2.24) is 0 Å². The van der Waals surface area contributed by atoms with Crippen molar-refractivity contribution in [3.05, 3.63) is 64.9 Å². The van der Waals surface area contributed by atoms with Crippen LogP contribution >= 0.6 is 11.3 Å². The number of phenolic OH excluding ortho intramolecular Hbond substituents is 1. The lowest BCUT2D eigenvalue weighted by atomic mass is 9.68. The minimum atomic E-state index is -2.23. The highest BCUT2D eigenvalue weighted by Crippen LogP contribution is 2.45. The third-order valence-corrected chi connectivity index (χ3v) is 8.52. The highest BCUT2D eigenvalue weighted by Gasteiger charge is 2.50. The lowest BCUT2D eigenvalue weighted by Gasteiger charge is -2.40. The zero-order valence-corrected chi connectivity index (χ0v) is 20.0. The van der Waals surface area contributed by atoms with E-state index in [1.54, 1.807) is 17.4 Å². The van der Waals surface area contributed by atoms with Gasteiger partial charge in [-0.3, -0.25) is 14.4 Å². The topological polar surface area (TPSA) is 158 Å². The van der Waals surface area contributed by atoms with Crippen LogP contribution in [0.15, 0.2) is 53.8 Å². The predicted molar refractivity (Wildman–Crippen MR) is 134 cm³/mol. The number of aromatic hydroxyl groups is 1. The number of aliphatic hydroxyl groups excluding tert-OH is 2. The summed E-state index contributed by atoms with van der Waals surface area (Å²) in [5, 5.41) is 43.0. The molecule has 186 valence electrons. The van der Waals surface area contributed by atoms with Crippen LogP contribution < -0.4 is 5.73 Å². The average Bonchev–Trinajstić information content (AvgIpc) is 3.26. The summed E-state index contributed by atoms with van der Waals surface area (Å²) in [6, 6.07) is 13.3. The molecule has 3 atom stereocenters. The molecule has 6 N–H and O–H groups in total. The van der Waals surface area contributed by atoms with Crippen molar-refractivity contribution in [1.29, 1.82) is 0 Å². The van der Waals surface area contributed by atoms with Gasteiger partial charge in [-0.1, -0.05) is 18.2 Å². The maximum Gasteiger partial charge on any atom is 0.255 e. The number of amides is 1. The Hall–Kier alpha value is -3.53. The van der Waals surface area contributed by atoms with Crippen molar-refractivity contribution in [2.24, 2.45) is 17.6 Å². The molecule has 8 nitrogen and oxygen atoms in total. The van der Waals surface area contributed by atoms with Crippen molar-refractivity contribution in [3.63, 3.8) is 0 Å². The van der Waals surface area contributed by atoms with E-state index in [4.69, 9.17) is 5.73 Å². The lowest BCUT2D eigenvalue weighted by molar-refractivity contribution is -0.130. The fourth-order valence-corrected chi connectivity index (χ4v) is 6.69. The summed E-state index contributed by atoms with van der Waals surface area (Å²) < 4.78 is 1.09. The number of carbonyl (C=O) groups excluding carboxylic acids is 3. The number of aliphatic hydroxyl groups is 3. The smallest absolute Gasteiger partial charge is 0.255 e. The number of hydrogen-bond acceptors (Lipinski definition) is 8. The first kappa shape index (κ1) is 24.2. The summed E-state index contributed by atoms with van der Waals surface area (Å²) in [6.45, 7) is -0.918. The number of fused-ring (bicyclic) bond motifs is 2. The maximum absolute atomic E-state index is 13.2. The van der Waals surface area contributed by atoms with Gasteiger partial charge in [-0.05, 0) is 59.5 Å². The molecule has 0 spiro atoms. The number of rotatable bonds is 5. The number of Topliss-reactive ketones (excluding diaryl/α,β-unsaturated/α-hetero) is 2. The largest absolute Gasteiger partial charge is 0.508 e. The molecule has 2 aliphatic carbocycles. The minimum absolute atomic E-state index is 0.0653. The number of ketones is 2. The van der Waals surface area contributed by atoms with Crippen LogP contribution in [0, 0.1) is 11.8 Å². The zero-order chi connectivity index (χ0) is 25.8. The van der Waals surface area contributed by atoms with Crippen LogP contribution in [0.2, 0.25) is 0 Å². The quantitative estimate of drug-likeness (QED) is 0.332. The molecule has 1 heterocycles. The Kier molecular flexibility index (Phi) is 5.94. The van der Waals surface area contributed by atoms with Gasteiger partial charge in [-0.25, -0.2) is 0 Å². The van der Waals surface area contributed by atoms with Crippen LogP contribution in [0.4, 0.5) is 0 Å². The van der Waals surface area contributed by atoms with Crippen LogP contribution in [-0.2, 0) is 16.0 Å². The van der Waals surface area contributed by atoms with Gasteiger partial charge in [0.2, 0.25) is 0 Å². The normalized spacial score (nSPS) is 24.3. The Bertz CT molecular complexity index is 1420. The molecule has 0 radical (unpaired) electrons. The van der Waals surface area contributed by atoms with Crippen molar-refractivity contribution in [2.45, 2.75) is 31.3 Å². The summed E-state index contributed by atoms with van der Waals surface area (Å²) in [6.07, 6.45) is 0.278. The van der Waals surface area contributed by atoms with Crippen molar-refractivity contribution < 1.29 is 34.8 Å².